The van der Waals surface area contributed by atoms with Gasteiger partial charge in [0, 0.05) is 5.41 Å². The lowest BCUT2D eigenvalue weighted by Gasteiger charge is -2.34. The fourth-order valence-corrected chi connectivity index (χ4v) is 2.76. The average molecular weight is 226 g/mol. The first-order chi connectivity index (χ1) is 7.57. The molecule has 3 unspecified atom stereocenters. The summed E-state index contributed by atoms with van der Waals surface area (Å²) in [5.74, 6) is 0.000469. The maximum absolute atomic E-state index is 12.0. The van der Waals surface area contributed by atoms with Crippen molar-refractivity contribution in [3.05, 3.63) is 0 Å². The Morgan fingerprint density at radius 3 is 2.88 bits per heavy atom. The first kappa shape index (κ1) is 11.9. The molecule has 3 nitrogen and oxygen atoms in total. The van der Waals surface area contributed by atoms with Gasteiger partial charge in [-0.25, -0.2) is 0 Å². The highest BCUT2D eigenvalue weighted by atomic mass is 16.6. The SMILES string of the molecule is CCCCOC(=O)C1CCC2OC2C1(C)C. The quantitative estimate of drug-likeness (QED) is 0.420. The Kier molecular flexibility index (Phi) is 3.24. The molecule has 0 radical (unpaired) electrons. The van der Waals surface area contributed by atoms with Crippen LogP contribution in [-0.4, -0.2) is 24.8 Å². The zero-order chi connectivity index (χ0) is 11.8. The van der Waals surface area contributed by atoms with Crippen molar-refractivity contribution < 1.29 is 14.3 Å². The van der Waals surface area contributed by atoms with Crippen molar-refractivity contribution in [2.45, 2.75) is 58.7 Å². The molecule has 0 spiro atoms. The van der Waals surface area contributed by atoms with Crippen LogP contribution in [0.15, 0.2) is 0 Å². The number of hydrogen-bond donors (Lipinski definition) is 0. The Hall–Kier alpha value is -0.570. The van der Waals surface area contributed by atoms with Gasteiger partial charge in [-0.3, -0.25) is 4.79 Å². The first-order valence-corrected chi connectivity index (χ1v) is 6.39. The van der Waals surface area contributed by atoms with Gasteiger partial charge in [0.2, 0.25) is 0 Å². The van der Waals surface area contributed by atoms with E-state index in [0.29, 0.717) is 12.7 Å². The molecule has 1 saturated carbocycles. The molecule has 0 amide bonds. The van der Waals surface area contributed by atoms with E-state index in [1.807, 2.05) is 0 Å². The standard InChI is InChI=1S/C13H22O3/c1-4-5-8-15-12(14)9-6-7-10-11(16-10)13(9,2)3/h9-11H,4-8H2,1-3H3. The van der Waals surface area contributed by atoms with Gasteiger partial charge in [0.15, 0.2) is 0 Å². The normalized spacial score (nSPS) is 35.3. The lowest BCUT2D eigenvalue weighted by molar-refractivity contribution is -0.154. The van der Waals surface area contributed by atoms with E-state index in [4.69, 9.17) is 9.47 Å². The van der Waals surface area contributed by atoms with Crippen molar-refractivity contribution in [3.8, 4) is 0 Å². The number of ether oxygens (including phenoxy) is 2. The summed E-state index contributed by atoms with van der Waals surface area (Å²) >= 11 is 0. The molecule has 2 rings (SSSR count). The molecule has 16 heavy (non-hydrogen) atoms. The van der Waals surface area contributed by atoms with Gasteiger partial charge in [0.1, 0.15) is 0 Å². The van der Waals surface area contributed by atoms with Crippen molar-refractivity contribution in [2.24, 2.45) is 11.3 Å². The molecule has 1 heterocycles. The molecule has 0 aromatic heterocycles. The van der Waals surface area contributed by atoms with Crippen LogP contribution in [0.4, 0.5) is 0 Å². The molecule has 1 aliphatic carbocycles. The lowest BCUT2D eigenvalue weighted by atomic mass is 9.69. The molecule has 0 bridgehead atoms. The molecule has 2 fully saturated rings. The summed E-state index contributed by atoms with van der Waals surface area (Å²) in [5, 5.41) is 0. The second-order valence-corrected chi connectivity index (χ2v) is 5.57. The van der Waals surface area contributed by atoms with E-state index < -0.39 is 0 Å². The minimum Gasteiger partial charge on any atom is -0.465 e. The van der Waals surface area contributed by atoms with Crippen molar-refractivity contribution in [1.82, 2.24) is 0 Å². The van der Waals surface area contributed by atoms with E-state index in [-0.39, 0.29) is 23.4 Å². The summed E-state index contributed by atoms with van der Waals surface area (Å²) in [6.45, 7) is 6.92. The number of unbranched alkanes of at least 4 members (excludes halogenated alkanes) is 1. The van der Waals surface area contributed by atoms with Gasteiger partial charge in [-0.05, 0) is 19.3 Å². The monoisotopic (exact) mass is 226 g/mol. The van der Waals surface area contributed by atoms with Crippen molar-refractivity contribution in [2.75, 3.05) is 6.61 Å². The van der Waals surface area contributed by atoms with E-state index in [9.17, 15) is 4.79 Å². The summed E-state index contributed by atoms with van der Waals surface area (Å²) in [5.41, 5.74) is -0.0494. The predicted octanol–water partition coefficient (Wildman–Crippen LogP) is 2.53. The van der Waals surface area contributed by atoms with E-state index in [1.54, 1.807) is 0 Å². The summed E-state index contributed by atoms with van der Waals surface area (Å²) in [4.78, 5) is 12.0. The van der Waals surface area contributed by atoms with Crippen molar-refractivity contribution in [1.29, 1.82) is 0 Å². The number of fused-ring (bicyclic) bond motifs is 1. The zero-order valence-electron chi connectivity index (χ0n) is 10.5. The van der Waals surface area contributed by atoms with E-state index in [1.165, 1.54) is 0 Å². The highest BCUT2D eigenvalue weighted by Gasteiger charge is 2.58. The fraction of sp³-hybridized carbons (Fsp3) is 0.923. The third kappa shape index (κ3) is 2.10. The second-order valence-electron chi connectivity index (χ2n) is 5.57. The van der Waals surface area contributed by atoms with E-state index in [0.717, 1.165) is 25.7 Å². The third-order valence-corrected chi connectivity index (χ3v) is 3.98. The number of epoxide rings is 1. The predicted molar refractivity (Wildman–Crippen MR) is 61.0 cm³/mol. The van der Waals surface area contributed by atoms with Crippen LogP contribution in [0.1, 0.15) is 46.5 Å². The Bertz CT molecular complexity index is 272. The number of rotatable bonds is 4. The molecule has 0 aromatic rings. The van der Waals surface area contributed by atoms with Crippen LogP contribution in [0.2, 0.25) is 0 Å². The third-order valence-electron chi connectivity index (χ3n) is 3.98. The molecular formula is C13H22O3. The maximum atomic E-state index is 12.0. The topological polar surface area (TPSA) is 38.8 Å². The van der Waals surface area contributed by atoms with Gasteiger partial charge in [-0.2, -0.15) is 0 Å². The molecule has 2 aliphatic rings. The molecular weight excluding hydrogens is 204 g/mol. The van der Waals surface area contributed by atoms with E-state index in [2.05, 4.69) is 20.8 Å². The number of carbonyl (C=O) groups is 1. The molecule has 3 heteroatoms. The van der Waals surface area contributed by atoms with Gasteiger partial charge >= 0.3 is 5.97 Å². The maximum Gasteiger partial charge on any atom is 0.309 e. The number of carbonyl (C=O) groups excluding carboxylic acids is 1. The molecule has 3 atom stereocenters. The van der Waals surface area contributed by atoms with Gasteiger partial charge in [0.05, 0.1) is 24.7 Å². The van der Waals surface area contributed by atoms with Crippen LogP contribution in [0, 0.1) is 11.3 Å². The summed E-state index contributed by atoms with van der Waals surface area (Å²) in [7, 11) is 0. The Morgan fingerprint density at radius 1 is 1.44 bits per heavy atom. The smallest absolute Gasteiger partial charge is 0.309 e. The summed E-state index contributed by atoms with van der Waals surface area (Å²) in [6, 6.07) is 0. The fourth-order valence-electron chi connectivity index (χ4n) is 2.76. The van der Waals surface area contributed by atoms with E-state index >= 15 is 0 Å². The Labute approximate surface area is 97.5 Å². The molecule has 0 N–H and O–H groups in total. The molecule has 92 valence electrons. The second kappa shape index (κ2) is 4.36. The van der Waals surface area contributed by atoms with Gasteiger partial charge in [-0.1, -0.05) is 27.2 Å². The van der Waals surface area contributed by atoms with Gasteiger partial charge < -0.3 is 9.47 Å². The van der Waals surface area contributed by atoms with Gasteiger partial charge in [-0.15, -0.1) is 0 Å². The highest BCUT2D eigenvalue weighted by molar-refractivity contribution is 5.73. The van der Waals surface area contributed by atoms with Crippen LogP contribution in [0.25, 0.3) is 0 Å². The summed E-state index contributed by atoms with van der Waals surface area (Å²) < 4.78 is 10.9. The number of hydrogen-bond acceptors (Lipinski definition) is 3. The van der Waals surface area contributed by atoms with Gasteiger partial charge in [0.25, 0.3) is 0 Å². The van der Waals surface area contributed by atoms with Crippen molar-refractivity contribution >= 4 is 5.97 Å². The zero-order valence-corrected chi connectivity index (χ0v) is 10.5. The first-order valence-electron chi connectivity index (χ1n) is 6.39. The lowest BCUT2D eigenvalue weighted by Crippen LogP contribution is -2.40. The molecule has 1 aliphatic heterocycles. The average Bonchev–Trinajstić information content (AvgIpc) is 2.98. The number of esters is 1. The molecule has 0 aromatic carbocycles. The highest BCUT2D eigenvalue weighted by Crippen LogP contribution is 2.52. The minimum absolute atomic E-state index is 0.0209. The summed E-state index contributed by atoms with van der Waals surface area (Å²) in [6.07, 6.45) is 4.65. The van der Waals surface area contributed by atoms with Crippen LogP contribution in [0.5, 0.6) is 0 Å². The van der Waals surface area contributed by atoms with Crippen LogP contribution < -0.4 is 0 Å². The Balaban J connectivity index is 1.89. The van der Waals surface area contributed by atoms with Crippen LogP contribution >= 0.6 is 0 Å². The van der Waals surface area contributed by atoms with Crippen LogP contribution in [-0.2, 0) is 14.3 Å². The minimum atomic E-state index is -0.0494. The molecule has 1 saturated heterocycles. The Morgan fingerprint density at radius 2 is 2.19 bits per heavy atom. The van der Waals surface area contributed by atoms with Crippen molar-refractivity contribution in [3.63, 3.8) is 0 Å². The largest absolute Gasteiger partial charge is 0.465 e. The van der Waals surface area contributed by atoms with Crippen LogP contribution in [0.3, 0.4) is 0 Å².